The van der Waals surface area contributed by atoms with Crippen LogP contribution >= 0.6 is 108 Å². The molecule has 0 atom stereocenters. The Hall–Kier alpha value is -3.43. The number of thiazole rings is 3. The number of pyridine rings is 5. The molecule has 93 heavy (non-hydrogen) atoms. The van der Waals surface area contributed by atoms with E-state index in [1.165, 1.54) is 49.9 Å². The molecule has 0 aromatic carbocycles. The van der Waals surface area contributed by atoms with Gasteiger partial charge in [-0.1, -0.05) is 248 Å². The van der Waals surface area contributed by atoms with Crippen LogP contribution in [-0.2, 0) is 51.4 Å². The minimum atomic E-state index is 0.236. The molecule has 516 valence electrons. The van der Waals surface area contributed by atoms with E-state index in [0.29, 0.717) is 61.5 Å². The van der Waals surface area contributed by atoms with Gasteiger partial charge in [-0.25, -0.2) is 19.9 Å². The van der Waals surface area contributed by atoms with Gasteiger partial charge in [0.05, 0.1) is 16.4 Å². The SMILES string of the molecule is CC(C)(C)Cc1ccc(Br)nc1.CC(C)(C)Cc1ccc(Cl)cn1.CC(C)(C)Cc1ccccn1.CC(C)(C)Cc1cccnc1.CC(C)(C)Cc1csc(Cl)n1.CC(C)(C)Cc1sc(Cl)nc1Cl.Cc1ccc(CC(C)(C)C)cn1.Cc1nc(Cl)sc1CC(C)(C)C. The van der Waals surface area contributed by atoms with E-state index in [0.717, 1.165) is 83.6 Å². The molecule has 0 saturated heterocycles. The molecule has 0 bridgehead atoms. The molecule has 8 nitrogen and oxygen atoms in total. The molecular weight excluding hydrogens is 1380 g/mol. The molecule has 8 rings (SSSR count). The molecule has 0 spiro atoms. The highest BCUT2D eigenvalue weighted by Gasteiger charge is 2.19. The van der Waals surface area contributed by atoms with Gasteiger partial charge in [0.2, 0.25) is 0 Å². The fourth-order valence-corrected chi connectivity index (χ4v) is 12.7. The van der Waals surface area contributed by atoms with Crippen molar-refractivity contribution < 1.29 is 0 Å². The van der Waals surface area contributed by atoms with Gasteiger partial charge in [-0.05, 0) is 184 Å². The number of hydrogen-bond acceptors (Lipinski definition) is 11. The van der Waals surface area contributed by atoms with E-state index in [4.69, 9.17) is 58.0 Å². The lowest BCUT2D eigenvalue weighted by molar-refractivity contribution is 0.406. The zero-order valence-corrected chi connectivity index (χ0v) is 68.9. The second kappa shape index (κ2) is 40.5. The van der Waals surface area contributed by atoms with Crippen molar-refractivity contribution in [3.05, 3.63) is 192 Å². The minimum Gasteiger partial charge on any atom is -0.264 e. The van der Waals surface area contributed by atoms with Crippen molar-refractivity contribution in [1.82, 2.24) is 39.9 Å². The zero-order chi connectivity index (χ0) is 71.4. The van der Waals surface area contributed by atoms with E-state index in [1.807, 2.05) is 86.6 Å². The quantitative estimate of drug-likeness (QED) is 0.139. The summed E-state index contributed by atoms with van der Waals surface area (Å²) in [6, 6.07) is 22.4. The summed E-state index contributed by atoms with van der Waals surface area (Å²) in [5.41, 5.74) is 12.1. The highest BCUT2D eigenvalue weighted by atomic mass is 79.9. The van der Waals surface area contributed by atoms with Crippen molar-refractivity contribution in [3.63, 3.8) is 0 Å². The molecule has 8 aromatic heterocycles. The molecule has 17 heteroatoms. The van der Waals surface area contributed by atoms with Crippen LogP contribution in [0.25, 0.3) is 0 Å². The van der Waals surface area contributed by atoms with Gasteiger partial charge in [0, 0.05) is 69.4 Å². The molecule has 0 aliphatic carbocycles. The molecule has 0 aliphatic heterocycles. The van der Waals surface area contributed by atoms with E-state index < -0.39 is 0 Å². The van der Waals surface area contributed by atoms with E-state index in [2.05, 4.69) is 252 Å². The Kier molecular flexibility index (Phi) is 38.1. The Balaban J connectivity index is 0.000000532. The van der Waals surface area contributed by atoms with Crippen molar-refractivity contribution in [2.45, 2.75) is 231 Å². The third-order valence-corrected chi connectivity index (χ3v) is 16.3. The lowest BCUT2D eigenvalue weighted by Crippen LogP contribution is -2.10. The average molecular weight is 1490 g/mol. The summed E-state index contributed by atoms with van der Waals surface area (Å²) in [4.78, 5) is 35.7. The van der Waals surface area contributed by atoms with E-state index >= 15 is 0 Å². The van der Waals surface area contributed by atoms with Crippen molar-refractivity contribution in [2.24, 2.45) is 43.3 Å². The predicted molar refractivity (Wildman–Crippen MR) is 415 cm³/mol. The first-order valence-electron chi connectivity index (χ1n) is 31.8. The smallest absolute Gasteiger partial charge is 0.185 e. The molecular formula is C76H112BrCl5N8S3. The highest BCUT2D eigenvalue weighted by molar-refractivity contribution is 9.10. The maximum Gasteiger partial charge on any atom is 0.185 e. The van der Waals surface area contributed by atoms with E-state index in [1.54, 1.807) is 17.5 Å². The Morgan fingerprint density at radius 2 is 0.817 bits per heavy atom. The molecule has 0 unspecified atom stereocenters. The minimum absolute atomic E-state index is 0.236. The van der Waals surface area contributed by atoms with Crippen LogP contribution < -0.4 is 0 Å². The summed E-state index contributed by atoms with van der Waals surface area (Å²) in [7, 11) is 0. The maximum absolute atomic E-state index is 5.87. The van der Waals surface area contributed by atoms with Crippen molar-refractivity contribution in [2.75, 3.05) is 0 Å². The summed E-state index contributed by atoms with van der Waals surface area (Å²) < 4.78 is 2.73. The van der Waals surface area contributed by atoms with Crippen LogP contribution in [0.1, 0.15) is 221 Å². The van der Waals surface area contributed by atoms with E-state index in [-0.39, 0.29) is 5.41 Å². The predicted octanol–water partition coefficient (Wildman–Crippen LogP) is 26.2. The molecule has 8 heterocycles. The molecule has 0 aliphatic rings. The molecule has 0 saturated carbocycles. The van der Waals surface area contributed by atoms with Crippen LogP contribution in [0.15, 0.2) is 114 Å². The van der Waals surface area contributed by atoms with Gasteiger partial charge >= 0.3 is 0 Å². The number of hydrogen-bond donors (Lipinski definition) is 0. The van der Waals surface area contributed by atoms with Crippen LogP contribution in [-0.4, -0.2) is 39.9 Å². The van der Waals surface area contributed by atoms with Gasteiger partial charge in [0.15, 0.2) is 13.4 Å². The number of aryl methyl sites for hydroxylation is 2. The van der Waals surface area contributed by atoms with Crippen LogP contribution in [0.2, 0.25) is 23.6 Å². The lowest BCUT2D eigenvalue weighted by atomic mass is 9.89. The van der Waals surface area contributed by atoms with Crippen LogP contribution in [0.5, 0.6) is 0 Å². The summed E-state index contributed by atoms with van der Waals surface area (Å²) in [5.74, 6) is 0. The lowest BCUT2D eigenvalue weighted by Gasteiger charge is -2.17. The Labute approximate surface area is 609 Å². The molecule has 0 N–H and O–H groups in total. The second-order valence-corrected chi connectivity index (χ2v) is 39.5. The Morgan fingerprint density at radius 3 is 1.17 bits per heavy atom. The third kappa shape index (κ3) is 49.7. The van der Waals surface area contributed by atoms with Gasteiger partial charge in [0.1, 0.15) is 9.76 Å². The first-order valence-corrected chi connectivity index (χ1v) is 36.9. The Bertz CT molecular complexity index is 3030. The molecule has 0 radical (unpaired) electrons. The van der Waals surface area contributed by atoms with E-state index in [9.17, 15) is 0 Å². The maximum atomic E-state index is 5.87. The normalized spacial score (nSPS) is 11.8. The summed E-state index contributed by atoms with van der Waals surface area (Å²) >= 11 is 36.7. The fourth-order valence-electron chi connectivity index (χ4n) is 8.40. The standard InChI is InChI=1S/C11H17N.C10H14BrN.C10H14ClN.2C10H15N.C9H14ClNS.C8H11Cl2NS.C8H12ClNS/c1-9-5-6-10(8-12-9)7-11(2,3)4;1-10(2,3)6-8-4-5-9(11)12-7-8;1-10(2,3)6-9-5-4-8(11)7-12-9;1-10(2,3)7-9-5-4-6-11-8-9;1-10(2,3)8-9-6-4-5-7-11-9;1-6-7(5-9(2,3)4)12-8(10)11-6;1-8(2,3)4-5-6(9)11-7(10)12-5;1-8(2,3)4-6-5-11-7(9)10-6/h5-6,8H,7H2,1-4H3;2*4-5,7H,6H2,1-3H3;4-6,8H,7H2,1-3H3;4-7H,8H2,1-3H3;5H2,1-4H3;4H2,1-3H3;5H,4H2,1-3H3. The third-order valence-electron chi connectivity index (χ3n) is 11.7. The Morgan fingerprint density at radius 1 is 0.366 bits per heavy atom. The molecule has 0 amide bonds. The number of nitrogens with zero attached hydrogens (tertiary/aromatic N) is 8. The first-order chi connectivity index (χ1) is 42.3. The van der Waals surface area contributed by atoms with Crippen LogP contribution in [0.4, 0.5) is 0 Å². The largest absolute Gasteiger partial charge is 0.264 e. The summed E-state index contributed by atoms with van der Waals surface area (Å²) in [6.45, 7) is 57.2. The van der Waals surface area contributed by atoms with Gasteiger partial charge < -0.3 is 0 Å². The fraction of sp³-hybridized carbons (Fsp3) is 0.553. The highest BCUT2D eigenvalue weighted by Crippen LogP contribution is 2.33. The number of rotatable bonds is 8. The van der Waals surface area contributed by atoms with Gasteiger partial charge in [-0.3, -0.25) is 19.9 Å². The molecule has 8 aromatic rings. The summed E-state index contributed by atoms with van der Waals surface area (Å²) in [6.07, 6.45) is 19.5. The second-order valence-electron chi connectivity index (χ2n) is 33.1. The number of halogens is 6. The van der Waals surface area contributed by atoms with Crippen molar-refractivity contribution in [1.29, 1.82) is 0 Å². The zero-order valence-electron chi connectivity index (χ0n) is 61.1. The van der Waals surface area contributed by atoms with Gasteiger partial charge in [-0.15, -0.1) is 34.0 Å². The van der Waals surface area contributed by atoms with Gasteiger partial charge in [0.25, 0.3) is 0 Å². The topological polar surface area (TPSA) is 103 Å². The monoisotopic (exact) mass is 1490 g/mol. The average Bonchev–Trinajstić information content (AvgIpc) is 1.81. The first kappa shape index (κ1) is 87.6. The molecule has 0 fully saturated rings. The summed E-state index contributed by atoms with van der Waals surface area (Å²) in [5, 5.41) is 3.28. The van der Waals surface area contributed by atoms with Crippen LogP contribution in [0.3, 0.4) is 0 Å². The van der Waals surface area contributed by atoms with Crippen molar-refractivity contribution in [3.8, 4) is 0 Å². The number of aromatic nitrogens is 8. The van der Waals surface area contributed by atoms with Crippen LogP contribution in [0, 0.1) is 57.2 Å². The van der Waals surface area contributed by atoms with Crippen molar-refractivity contribution >= 4 is 108 Å². The van der Waals surface area contributed by atoms with Gasteiger partial charge in [-0.2, -0.15) is 0 Å².